The Labute approximate surface area is 296 Å². The van der Waals surface area contributed by atoms with Crippen LogP contribution in [0.3, 0.4) is 0 Å². The summed E-state index contributed by atoms with van der Waals surface area (Å²) in [7, 11) is 0. The lowest BCUT2D eigenvalue weighted by Crippen LogP contribution is -2.34. The second-order valence-corrected chi connectivity index (χ2v) is 13.9. The Bertz CT molecular complexity index is 676. The molecule has 0 aliphatic rings. The molecular formula is C40H79NO7. The van der Waals surface area contributed by atoms with Gasteiger partial charge in [0, 0.05) is 26.1 Å². The van der Waals surface area contributed by atoms with Crippen LogP contribution in [0.2, 0.25) is 0 Å². The van der Waals surface area contributed by atoms with Crippen LogP contribution in [0, 0.1) is 0 Å². The Morgan fingerprint density at radius 3 is 1.67 bits per heavy atom. The number of ether oxygens (including phenoxy) is 3. The Hall–Kier alpha value is -1.38. The maximum Gasteiger partial charge on any atom is 0.508 e. The van der Waals surface area contributed by atoms with E-state index in [-0.39, 0.29) is 18.7 Å². The monoisotopic (exact) mass is 686 g/mol. The van der Waals surface area contributed by atoms with E-state index in [1.54, 1.807) is 0 Å². The summed E-state index contributed by atoms with van der Waals surface area (Å²) < 4.78 is 16.5. The Morgan fingerprint density at radius 2 is 1.04 bits per heavy atom. The van der Waals surface area contributed by atoms with Crippen LogP contribution in [0.4, 0.5) is 4.79 Å². The molecule has 0 amide bonds. The van der Waals surface area contributed by atoms with Crippen molar-refractivity contribution in [3.05, 3.63) is 0 Å². The van der Waals surface area contributed by atoms with Crippen molar-refractivity contribution in [3.63, 3.8) is 0 Å². The molecule has 0 aliphatic carbocycles. The number of aliphatic hydroxyl groups is 2. The minimum absolute atomic E-state index is 0.0505. The molecule has 1 unspecified atom stereocenters. The largest absolute Gasteiger partial charge is 0.508 e. The van der Waals surface area contributed by atoms with Gasteiger partial charge < -0.3 is 29.3 Å². The molecule has 0 saturated heterocycles. The first-order chi connectivity index (χ1) is 23.5. The molecule has 0 rings (SSSR count). The smallest absolute Gasteiger partial charge is 0.466 e. The lowest BCUT2D eigenvalue weighted by molar-refractivity contribution is -0.143. The molecule has 0 spiro atoms. The average molecular weight is 686 g/mol. The standard InChI is InChI=1S/C40H79NO7/c1-4-7-10-12-15-19-28-38(29-20-16-13-11-8-5-2)48-40(45)47-35-25-22-27-37(43)36-41(32-26-33-42)31-23-18-14-17-21-30-39(44)46-34-24-9-6-3/h37-38,42-43H,4-36H2,1-3H3. The number of nitrogens with zero attached hydrogens (tertiary/aromatic N) is 1. The number of hydrogen-bond acceptors (Lipinski definition) is 8. The second kappa shape index (κ2) is 36.9. The van der Waals surface area contributed by atoms with E-state index < -0.39 is 12.3 Å². The van der Waals surface area contributed by atoms with Crippen molar-refractivity contribution in [2.45, 2.75) is 206 Å². The molecule has 0 saturated carbocycles. The van der Waals surface area contributed by atoms with E-state index in [1.807, 2.05) is 0 Å². The molecule has 8 heteroatoms. The maximum absolute atomic E-state index is 12.5. The van der Waals surface area contributed by atoms with Gasteiger partial charge in [0.15, 0.2) is 0 Å². The van der Waals surface area contributed by atoms with Gasteiger partial charge in [-0.2, -0.15) is 0 Å². The summed E-state index contributed by atoms with van der Waals surface area (Å²) in [6.45, 7) is 9.87. The van der Waals surface area contributed by atoms with Gasteiger partial charge in [0.25, 0.3) is 0 Å². The van der Waals surface area contributed by atoms with Crippen molar-refractivity contribution in [3.8, 4) is 0 Å². The summed E-state index contributed by atoms with van der Waals surface area (Å²) in [5.41, 5.74) is 0. The van der Waals surface area contributed by atoms with Crippen molar-refractivity contribution < 1.29 is 34.0 Å². The van der Waals surface area contributed by atoms with Crippen LogP contribution in [0.15, 0.2) is 0 Å². The van der Waals surface area contributed by atoms with Crippen molar-refractivity contribution in [1.82, 2.24) is 4.90 Å². The second-order valence-electron chi connectivity index (χ2n) is 13.9. The third-order valence-corrected chi connectivity index (χ3v) is 9.14. The van der Waals surface area contributed by atoms with E-state index >= 15 is 0 Å². The fourth-order valence-corrected chi connectivity index (χ4v) is 6.10. The van der Waals surface area contributed by atoms with E-state index in [9.17, 15) is 19.8 Å². The number of carbonyl (C=O) groups excluding carboxylic acids is 2. The van der Waals surface area contributed by atoms with Crippen molar-refractivity contribution in [2.24, 2.45) is 0 Å². The van der Waals surface area contributed by atoms with E-state index in [0.29, 0.717) is 45.4 Å². The summed E-state index contributed by atoms with van der Waals surface area (Å²) in [5.74, 6) is -0.0759. The number of rotatable bonds is 37. The zero-order valence-electron chi connectivity index (χ0n) is 31.9. The first kappa shape index (κ1) is 46.6. The lowest BCUT2D eigenvalue weighted by atomic mass is 10.0. The van der Waals surface area contributed by atoms with Gasteiger partial charge in [0.1, 0.15) is 6.10 Å². The molecular weight excluding hydrogens is 606 g/mol. The first-order valence-electron chi connectivity index (χ1n) is 20.5. The Balaban J connectivity index is 4.21. The number of hydrogen-bond donors (Lipinski definition) is 2. The average Bonchev–Trinajstić information content (AvgIpc) is 3.07. The molecule has 286 valence electrons. The van der Waals surface area contributed by atoms with Crippen molar-refractivity contribution in [1.29, 1.82) is 0 Å². The molecule has 2 N–H and O–H groups in total. The molecule has 0 aromatic rings. The minimum atomic E-state index is -0.546. The van der Waals surface area contributed by atoms with E-state index in [2.05, 4.69) is 25.7 Å². The lowest BCUT2D eigenvalue weighted by Gasteiger charge is -2.25. The molecule has 1 atom stereocenters. The summed E-state index contributed by atoms with van der Waals surface area (Å²) in [6, 6.07) is 0. The number of carbonyl (C=O) groups is 2. The predicted octanol–water partition coefficient (Wildman–Crippen LogP) is 10.3. The third-order valence-electron chi connectivity index (χ3n) is 9.14. The summed E-state index contributed by atoms with van der Waals surface area (Å²) in [5, 5.41) is 20.0. The SMILES string of the molecule is CCCCCCCCC(CCCCCCCC)OC(=O)OCCCCC(O)CN(CCCO)CCCCCCCC(=O)OCCCCC. The fourth-order valence-electron chi connectivity index (χ4n) is 6.10. The number of aliphatic hydroxyl groups excluding tert-OH is 2. The molecule has 8 nitrogen and oxygen atoms in total. The maximum atomic E-state index is 12.5. The van der Waals surface area contributed by atoms with Crippen molar-refractivity contribution in [2.75, 3.05) is 39.5 Å². The molecule has 0 aromatic carbocycles. The molecule has 0 heterocycles. The van der Waals surface area contributed by atoms with Crippen LogP contribution < -0.4 is 0 Å². The topological polar surface area (TPSA) is 106 Å². The van der Waals surface area contributed by atoms with Crippen LogP contribution in [-0.4, -0.2) is 78.9 Å². The fraction of sp³-hybridized carbons (Fsp3) is 0.950. The van der Waals surface area contributed by atoms with Crippen LogP contribution in [0.1, 0.15) is 194 Å². The Kier molecular flexibility index (Phi) is 35.8. The van der Waals surface area contributed by atoms with Gasteiger partial charge in [0.05, 0.1) is 19.3 Å². The van der Waals surface area contributed by atoms with E-state index in [1.165, 1.54) is 64.2 Å². The minimum Gasteiger partial charge on any atom is -0.466 e. The summed E-state index contributed by atoms with van der Waals surface area (Å²) >= 11 is 0. The van der Waals surface area contributed by atoms with Gasteiger partial charge in [-0.1, -0.05) is 117 Å². The zero-order valence-corrected chi connectivity index (χ0v) is 31.9. The Morgan fingerprint density at radius 1 is 0.562 bits per heavy atom. The highest BCUT2D eigenvalue weighted by Crippen LogP contribution is 2.18. The van der Waals surface area contributed by atoms with Crippen LogP contribution >= 0.6 is 0 Å². The molecule has 0 fully saturated rings. The molecule has 0 radical (unpaired) electrons. The third kappa shape index (κ3) is 33.1. The normalized spacial score (nSPS) is 12.1. The van der Waals surface area contributed by atoms with Gasteiger partial charge in [-0.3, -0.25) is 4.79 Å². The van der Waals surface area contributed by atoms with Crippen LogP contribution in [-0.2, 0) is 19.0 Å². The van der Waals surface area contributed by atoms with Gasteiger partial charge in [-0.25, -0.2) is 4.79 Å². The molecule has 48 heavy (non-hydrogen) atoms. The van der Waals surface area contributed by atoms with E-state index in [0.717, 1.165) is 96.6 Å². The first-order valence-corrected chi connectivity index (χ1v) is 20.5. The quantitative estimate of drug-likeness (QED) is 0.0492. The highest BCUT2D eigenvalue weighted by molar-refractivity contribution is 5.69. The van der Waals surface area contributed by atoms with Gasteiger partial charge in [-0.05, 0) is 77.2 Å². The van der Waals surface area contributed by atoms with Crippen molar-refractivity contribution >= 4 is 12.1 Å². The predicted molar refractivity (Wildman–Crippen MR) is 198 cm³/mol. The van der Waals surface area contributed by atoms with Crippen LogP contribution in [0.5, 0.6) is 0 Å². The number of unbranched alkanes of at least 4 members (excludes halogenated alkanes) is 17. The zero-order chi connectivity index (χ0) is 35.3. The summed E-state index contributed by atoms with van der Waals surface area (Å²) in [4.78, 5) is 26.5. The van der Waals surface area contributed by atoms with E-state index in [4.69, 9.17) is 14.2 Å². The van der Waals surface area contributed by atoms with Gasteiger partial charge in [0.2, 0.25) is 0 Å². The highest BCUT2D eigenvalue weighted by atomic mass is 16.7. The number of esters is 1. The molecule has 0 aromatic heterocycles. The van der Waals surface area contributed by atoms with Gasteiger partial charge in [-0.15, -0.1) is 0 Å². The van der Waals surface area contributed by atoms with Crippen LogP contribution in [0.25, 0.3) is 0 Å². The highest BCUT2D eigenvalue weighted by Gasteiger charge is 2.16. The van der Waals surface area contributed by atoms with Gasteiger partial charge >= 0.3 is 12.1 Å². The molecule has 0 aliphatic heterocycles. The summed E-state index contributed by atoms with van der Waals surface area (Å²) in [6.07, 6.45) is 27.2. The molecule has 0 bridgehead atoms.